The number of hydrogen-bond donors (Lipinski definition) is 1. The molecular weight excluding hydrogens is 455 g/mol. The normalized spacial score (nSPS) is 12.6. The third kappa shape index (κ3) is 6.40. The Balaban J connectivity index is 2.30. The average Bonchev–Trinajstić information content (AvgIpc) is 2.47. The van der Waals surface area contributed by atoms with Gasteiger partial charge in [0.25, 0.3) is 0 Å². The summed E-state index contributed by atoms with van der Waals surface area (Å²) in [5, 5.41) is 2.83. The van der Waals surface area contributed by atoms with Crippen LogP contribution in [-0.2, 0) is 11.2 Å². The van der Waals surface area contributed by atoms with Gasteiger partial charge in [-0.15, -0.1) is 0 Å². The number of carbonyl (C=O) groups is 1. The van der Waals surface area contributed by atoms with E-state index in [0.29, 0.717) is 16.7 Å². The van der Waals surface area contributed by atoms with Gasteiger partial charge in [0, 0.05) is 4.47 Å². The van der Waals surface area contributed by atoms with Crippen molar-refractivity contribution >= 4 is 38.0 Å². The van der Waals surface area contributed by atoms with Crippen LogP contribution in [0.15, 0.2) is 45.5 Å². The van der Waals surface area contributed by atoms with Gasteiger partial charge >= 0.3 is 6.09 Å². The van der Waals surface area contributed by atoms with Gasteiger partial charge in [0.05, 0.1) is 11.7 Å². The number of ether oxygens (including phenoxy) is 1. The topological polar surface area (TPSA) is 51.2 Å². The molecule has 0 aliphatic heterocycles. The zero-order chi connectivity index (χ0) is 18.6. The monoisotopic (exact) mass is 472 g/mol. The highest BCUT2D eigenvalue weighted by atomic mass is 79.9. The molecule has 134 valence electrons. The molecule has 25 heavy (non-hydrogen) atoms. The number of carbonyl (C=O) groups excluding carboxylic acids is 1. The van der Waals surface area contributed by atoms with Crippen molar-refractivity contribution in [3.8, 4) is 0 Å². The summed E-state index contributed by atoms with van der Waals surface area (Å²) in [6.07, 6.45) is -0.179. The molecule has 1 amide bonds. The van der Waals surface area contributed by atoms with Crippen LogP contribution in [-0.4, -0.2) is 16.7 Å². The molecule has 1 unspecified atom stereocenters. The van der Waals surface area contributed by atoms with E-state index in [9.17, 15) is 9.18 Å². The maximum atomic E-state index is 13.5. The molecule has 1 atom stereocenters. The maximum absolute atomic E-state index is 13.5. The summed E-state index contributed by atoms with van der Waals surface area (Å²) in [6, 6.07) is 9.41. The number of nitrogens with zero attached hydrogens (tertiary/aromatic N) is 1. The number of nitrogens with one attached hydrogen (secondary N) is 1. The van der Waals surface area contributed by atoms with E-state index in [1.807, 2.05) is 6.07 Å². The molecule has 0 aliphatic rings. The number of rotatable bonds is 4. The van der Waals surface area contributed by atoms with E-state index >= 15 is 0 Å². The first-order valence-corrected chi connectivity index (χ1v) is 9.28. The first kappa shape index (κ1) is 19.8. The molecule has 4 nitrogen and oxygen atoms in total. The molecule has 7 heteroatoms. The van der Waals surface area contributed by atoms with Crippen molar-refractivity contribution < 1.29 is 13.9 Å². The summed E-state index contributed by atoms with van der Waals surface area (Å²) in [5.41, 5.74) is 0.759. The molecule has 0 spiro atoms. The molecule has 2 aromatic rings. The summed E-state index contributed by atoms with van der Waals surface area (Å²) in [6.45, 7) is 5.38. The van der Waals surface area contributed by atoms with Crippen molar-refractivity contribution in [2.45, 2.75) is 38.8 Å². The Bertz CT molecular complexity index is 763. The quantitative estimate of drug-likeness (QED) is 0.592. The summed E-state index contributed by atoms with van der Waals surface area (Å²) in [7, 11) is 0. The lowest BCUT2D eigenvalue weighted by molar-refractivity contribution is 0.0502. The van der Waals surface area contributed by atoms with Crippen LogP contribution in [0, 0.1) is 5.82 Å². The fraction of sp³-hybridized carbons (Fsp3) is 0.333. The zero-order valence-electron chi connectivity index (χ0n) is 14.1. The van der Waals surface area contributed by atoms with Gasteiger partial charge in [-0.25, -0.2) is 14.2 Å². The van der Waals surface area contributed by atoms with Crippen LogP contribution in [0.4, 0.5) is 9.18 Å². The number of amides is 1. The van der Waals surface area contributed by atoms with E-state index in [4.69, 9.17) is 4.74 Å². The van der Waals surface area contributed by atoms with E-state index in [-0.39, 0.29) is 5.82 Å². The van der Waals surface area contributed by atoms with Gasteiger partial charge in [-0.05, 0) is 88.9 Å². The van der Waals surface area contributed by atoms with E-state index in [2.05, 4.69) is 42.2 Å². The SMILES string of the molecule is CC(C)(C)OC(=O)NC(Cc1cccc(F)c1)c1nc(Br)ccc1Br. The second-order valence-corrected chi connectivity index (χ2v) is 8.20. The minimum absolute atomic E-state index is 0.324. The molecular formula is C18H19Br2FN2O2. The van der Waals surface area contributed by atoms with E-state index in [0.717, 1.165) is 10.0 Å². The minimum atomic E-state index is -0.616. The predicted octanol–water partition coefficient (Wildman–Crippen LogP) is 5.55. The smallest absolute Gasteiger partial charge is 0.408 e. The average molecular weight is 474 g/mol. The lowest BCUT2D eigenvalue weighted by Gasteiger charge is -2.24. The van der Waals surface area contributed by atoms with Crippen LogP contribution < -0.4 is 5.32 Å². The molecule has 0 bridgehead atoms. The Morgan fingerprint density at radius 2 is 2.00 bits per heavy atom. The number of hydrogen-bond acceptors (Lipinski definition) is 3. The second-order valence-electron chi connectivity index (χ2n) is 6.53. The Labute approximate surface area is 163 Å². The van der Waals surface area contributed by atoms with Crippen LogP contribution in [0.2, 0.25) is 0 Å². The fourth-order valence-electron chi connectivity index (χ4n) is 2.24. The Morgan fingerprint density at radius 1 is 1.28 bits per heavy atom. The summed E-state index contributed by atoms with van der Waals surface area (Å²) in [5.74, 6) is -0.324. The van der Waals surface area contributed by atoms with Crippen LogP contribution in [0.1, 0.15) is 38.1 Å². The minimum Gasteiger partial charge on any atom is -0.444 e. The highest BCUT2D eigenvalue weighted by Gasteiger charge is 2.23. The highest BCUT2D eigenvalue weighted by molar-refractivity contribution is 9.11. The third-order valence-electron chi connectivity index (χ3n) is 3.19. The number of alkyl carbamates (subject to hydrolysis) is 1. The van der Waals surface area contributed by atoms with Crippen LogP contribution in [0.5, 0.6) is 0 Å². The van der Waals surface area contributed by atoms with Gasteiger partial charge in [-0.3, -0.25) is 0 Å². The van der Waals surface area contributed by atoms with Crippen LogP contribution in [0.3, 0.4) is 0 Å². The number of aromatic nitrogens is 1. The van der Waals surface area contributed by atoms with Gasteiger partial charge in [0.2, 0.25) is 0 Å². The molecule has 1 N–H and O–H groups in total. The highest BCUT2D eigenvalue weighted by Crippen LogP contribution is 2.27. The molecule has 1 aromatic carbocycles. The van der Waals surface area contributed by atoms with Crippen molar-refractivity contribution in [3.05, 3.63) is 62.5 Å². The Hall–Kier alpha value is -1.47. The van der Waals surface area contributed by atoms with Crippen LogP contribution >= 0.6 is 31.9 Å². The summed E-state index contributed by atoms with van der Waals surface area (Å²) in [4.78, 5) is 16.7. The van der Waals surface area contributed by atoms with Crippen molar-refractivity contribution in [1.29, 1.82) is 0 Å². The molecule has 1 aromatic heterocycles. The number of benzene rings is 1. The van der Waals surface area contributed by atoms with Gasteiger partial charge in [-0.1, -0.05) is 12.1 Å². The Kier molecular flexibility index (Phi) is 6.57. The van der Waals surface area contributed by atoms with Crippen molar-refractivity contribution in [2.24, 2.45) is 0 Å². The van der Waals surface area contributed by atoms with Gasteiger partial charge in [0.1, 0.15) is 16.0 Å². The number of pyridine rings is 1. The molecule has 0 saturated carbocycles. The largest absolute Gasteiger partial charge is 0.444 e. The number of halogens is 3. The van der Waals surface area contributed by atoms with Gasteiger partial charge in [0.15, 0.2) is 0 Å². The molecule has 0 fully saturated rings. The van der Waals surface area contributed by atoms with Crippen molar-refractivity contribution in [3.63, 3.8) is 0 Å². The molecule has 2 rings (SSSR count). The lowest BCUT2D eigenvalue weighted by atomic mass is 10.0. The predicted molar refractivity (Wildman–Crippen MR) is 102 cm³/mol. The summed E-state index contributed by atoms with van der Waals surface area (Å²) < 4.78 is 20.2. The Morgan fingerprint density at radius 3 is 2.64 bits per heavy atom. The fourth-order valence-corrected chi connectivity index (χ4v) is 3.06. The van der Waals surface area contributed by atoms with Gasteiger partial charge in [-0.2, -0.15) is 0 Å². The van der Waals surface area contributed by atoms with Crippen LogP contribution in [0.25, 0.3) is 0 Å². The first-order valence-electron chi connectivity index (χ1n) is 7.70. The van der Waals surface area contributed by atoms with E-state index in [1.54, 1.807) is 39.0 Å². The van der Waals surface area contributed by atoms with Crippen molar-refractivity contribution in [1.82, 2.24) is 10.3 Å². The molecule has 0 aliphatic carbocycles. The maximum Gasteiger partial charge on any atom is 0.408 e. The van der Waals surface area contributed by atoms with E-state index < -0.39 is 17.7 Å². The van der Waals surface area contributed by atoms with Crippen molar-refractivity contribution in [2.75, 3.05) is 0 Å². The summed E-state index contributed by atoms with van der Waals surface area (Å²) >= 11 is 6.80. The van der Waals surface area contributed by atoms with Gasteiger partial charge < -0.3 is 10.1 Å². The molecule has 1 heterocycles. The first-order chi connectivity index (χ1) is 11.6. The molecule has 0 saturated heterocycles. The standard InChI is InChI=1S/C18H19Br2FN2O2/c1-18(2,3)25-17(24)22-14(10-11-5-4-6-12(21)9-11)16-13(19)7-8-15(20)23-16/h4-9,14H,10H2,1-3H3,(H,22,24). The lowest BCUT2D eigenvalue weighted by Crippen LogP contribution is -2.36. The van der Waals surface area contributed by atoms with E-state index in [1.165, 1.54) is 12.1 Å². The molecule has 0 radical (unpaired) electrons. The zero-order valence-corrected chi connectivity index (χ0v) is 17.3. The second kappa shape index (κ2) is 8.27. The third-order valence-corrected chi connectivity index (χ3v) is 4.30.